The molecule has 0 saturated carbocycles. The summed E-state index contributed by atoms with van der Waals surface area (Å²) in [6.45, 7) is 0. The van der Waals surface area contributed by atoms with Crippen LogP contribution in [-0.2, 0) is 0 Å². The summed E-state index contributed by atoms with van der Waals surface area (Å²) in [5, 5.41) is 5.62. The van der Waals surface area contributed by atoms with E-state index in [0.717, 1.165) is 15.6 Å². The summed E-state index contributed by atoms with van der Waals surface area (Å²) in [6.07, 6.45) is 0. The minimum Gasteiger partial charge on any atom is -0.327 e. The number of hydrogen-bond donors (Lipinski definition) is 2. The lowest BCUT2D eigenvalue weighted by Gasteiger charge is -2.26. The standard InChI is InChI=1S/C17H11BrN2O2/c18-10-7-5-9(6-8-10)14-13-15(20-17(22)19-14)11-3-1-2-4-12(11)16(13)21/h1-8,14H,(H2,19,20,22). The van der Waals surface area contributed by atoms with E-state index in [9.17, 15) is 9.59 Å². The van der Waals surface area contributed by atoms with E-state index in [4.69, 9.17) is 0 Å². The van der Waals surface area contributed by atoms with Crippen LogP contribution in [0.15, 0.2) is 58.6 Å². The molecule has 0 radical (unpaired) electrons. The van der Waals surface area contributed by atoms with Crippen molar-refractivity contribution in [3.63, 3.8) is 0 Å². The first kappa shape index (κ1) is 13.3. The highest BCUT2D eigenvalue weighted by Crippen LogP contribution is 2.39. The molecule has 5 heteroatoms. The van der Waals surface area contributed by atoms with Gasteiger partial charge in [0.05, 0.1) is 17.3 Å². The fraction of sp³-hybridized carbons (Fsp3) is 0.0588. The molecule has 1 heterocycles. The van der Waals surface area contributed by atoms with E-state index in [1.807, 2.05) is 42.5 Å². The third kappa shape index (κ3) is 1.89. The smallest absolute Gasteiger partial charge is 0.320 e. The summed E-state index contributed by atoms with van der Waals surface area (Å²) < 4.78 is 0.951. The SMILES string of the molecule is O=C1NC2=C(C(=O)c3ccccc32)C(c2ccc(Br)cc2)N1. The molecule has 2 N–H and O–H groups in total. The fourth-order valence-electron chi connectivity index (χ4n) is 2.97. The van der Waals surface area contributed by atoms with Crippen LogP contribution >= 0.6 is 15.9 Å². The van der Waals surface area contributed by atoms with Gasteiger partial charge in [0, 0.05) is 15.6 Å². The second-order valence-corrected chi connectivity index (χ2v) is 6.16. The van der Waals surface area contributed by atoms with Crippen molar-refractivity contribution in [2.75, 3.05) is 0 Å². The number of rotatable bonds is 1. The lowest BCUT2D eigenvalue weighted by molar-refractivity contribution is 0.103. The Hall–Kier alpha value is -2.40. The van der Waals surface area contributed by atoms with Crippen molar-refractivity contribution >= 4 is 33.4 Å². The quantitative estimate of drug-likeness (QED) is 0.824. The Morgan fingerprint density at radius 1 is 0.909 bits per heavy atom. The van der Waals surface area contributed by atoms with Crippen LogP contribution in [0.2, 0.25) is 0 Å². The maximum atomic E-state index is 12.7. The van der Waals surface area contributed by atoms with Gasteiger partial charge in [-0.1, -0.05) is 52.3 Å². The van der Waals surface area contributed by atoms with Crippen molar-refractivity contribution < 1.29 is 9.59 Å². The van der Waals surface area contributed by atoms with E-state index in [2.05, 4.69) is 26.6 Å². The van der Waals surface area contributed by atoms with Gasteiger partial charge in [-0.15, -0.1) is 0 Å². The summed E-state index contributed by atoms with van der Waals surface area (Å²) in [4.78, 5) is 24.7. The highest BCUT2D eigenvalue weighted by Gasteiger charge is 2.39. The Kier molecular flexibility index (Phi) is 2.90. The largest absolute Gasteiger partial charge is 0.327 e. The highest BCUT2D eigenvalue weighted by atomic mass is 79.9. The predicted octanol–water partition coefficient (Wildman–Crippen LogP) is 3.41. The van der Waals surface area contributed by atoms with Gasteiger partial charge in [0.15, 0.2) is 5.78 Å². The van der Waals surface area contributed by atoms with Gasteiger partial charge in [-0.3, -0.25) is 4.79 Å². The van der Waals surface area contributed by atoms with Gasteiger partial charge in [0.2, 0.25) is 0 Å². The van der Waals surface area contributed by atoms with Gasteiger partial charge in [0.1, 0.15) is 0 Å². The summed E-state index contributed by atoms with van der Waals surface area (Å²) >= 11 is 3.39. The highest BCUT2D eigenvalue weighted by molar-refractivity contribution is 9.10. The first-order valence-corrected chi connectivity index (χ1v) is 7.65. The Morgan fingerprint density at radius 2 is 1.59 bits per heavy atom. The minimum atomic E-state index is -0.434. The normalized spacial score (nSPS) is 19.4. The molecule has 0 aromatic heterocycles. The third-order valence-corrected chi connectivity index (χ3v) is 4.49. The number of carbonyl (C=O) groups excluding carboxylic acids is 2. The monoisotopic (exact) mass is 354 g/mol. The summed E-state index contributed by atoms with van der Waals surface area (Å²) in [7, 11) is 0. The molecule has 108 valence electrons. The van der Waals surface area contributed by atoms with Crippen molar-refractivity contribution in [2.24, 2.45) is 0 Å². The zero-order valence-corrected chi connectivity index (χ0v) is 13.0. The number of carbonyl (C=O) groups is 2. The lowest BCUT2D eigenvalue weighted by atomic mass is 9.94. The molecule has 0 saturated heterocycles. The van der Waals surface area contributed by atoms with Gasteiger partial charge in [-0.25, -0.2) is 4.79 Å². The van der Waals surface area contributed by atoms with E-state index in [1.165, 1.54) is 0 Å². The first-order valence-electron chi connectivity index (χ1n) is 6.86. The number of amides is 2. The van der Waals surface area contributed by atoms with Crippen LogP contribution in [0.1, 0.15) is 27.5 Å². The average molecular weight is 355 g/mol. The topological polar surface area (TPSA) is 58.2 Å². The van der Waals surface area contributed by atoms with Crippen LogP contribution < -0.4 is 10.6 Å². The van der Waals surface area contributed by atoms with Gasteiger partial charge >= 0.3 is 6.03 Å². The van der Waals surface area contributed by atoms with Crippen LogP contribution in [0.25, 0.3) is 5.70 Å². The van der Waals surface area contributed by atoms with Crippen LogP contribution in [-0.4, -0.2) is 11.8 Å². The predicted molar refractivity (Wildman–Crippen MR) is 86.2 cm³/mol. The summed E-state index contributed by atoms with van der Waals surface area (Å²) in [5.41, 5.74) is 3.53. The molecular formula is C17H11BrN2O2. The number of urea groups is 1. The van der Waals surface area contributed by atoms with Gasteiger partial charge < -0.3 is 10.6 Å². The first-order chi connectivity index (χ1) is 10.6. The molecule has 4 rings (SSSR count). The minimum absolute atomic E-state index is 0.0361. The molecule has 2 aliphatic rings. The number of hydrogen-bond acceptors (Lipinski definition) is 2. The number of nitrogens with one attached hydrogen (secondary N) is 2. The molecule has 1 aliphatic carbocycles. The molecule has 0 spiro atoms. The van der Waals surface area contributed by atoms with Crippen LogP contribution in [0.5, 0.6) is 0 Å². The van der Waals surface area contributed by atoms with Crippen molar-refractivity contribution in [3.05, 3.63) is 75.3 Å². The lowest BCUT2D eigenvalue weighted by Crippen LogP contribution is -2.43. The van der Waals surface area contributed by atoms with Gasteiger partial charge in [-0.05, 0) is 17.7 Å². The molecule has 1 aliphatic heterocycles. The Labute approximate surface area is 135 Å². The molecule has 22 heavy (non-hydrogen) atoms. The van der Waals surface area contributed by atoms with Crippen molar-refractivity contribution in [3.8, 4) is 0 Å². The molecule has 0 bridgehead atoms. The fourth-order valence-corrected chi connectivity index (χ4v) is 3.24. The summed E-state index contributed by atoms with van der Waals surface area (Å²) in [5.74, 6) is -0.0361. The van der Waals surface area contributed by atoms with Crippen molar-refractivity contribution in [1.82, 2.24) is 10.6 Å². The van der Waals surface area contributed by atoms with E-state index in [0.29, 0.717) is 16.8 Å². The molecule has 1 atom stereocenters. The van der Waals surface area contributed by atoms with Crippen molar-refractivity contribution in [2.45, 2.75) is 6.04 Å². The summed E-state index contributed by atoms with van der Waals surface area (Å²) in [6, 6.07) is 14.2. The molecule has 2 aromatic rings. The van der Waals surface area contributed by atoms with E-state index < -0.39 is 6.04 Å². The van der Waals surface area contributed by atoms with Gasteiger partial charge in [-0.2, -0.15) is 0 Å². The van der Waals surface area contributed by atoms with Crippen LogP contribution in [0.4, 0.5) is 4.79 Å². The Bertz CT molecular complexity index is 840. The molecule has 0 fully saturated rings. The van der Waals surface area contributed by atoms with Crippen molar-refractivity contribution in [1.29, 1.82) is 0 Å². The van der Waals surface area contributed by atoms with Gasteiger partial charge in [0.25, 0.3) is 0 Å². The zero-order chi connectivity index (χ0) is 15.3. The number of Topliss-reactive ketones (excluding diaryl/α,β-unsaturated/α-hetero) is 1. The number of benzene rings is 2. The number of fused-ring (bicyclic) bond motifs is 2. The van der Waals surface area contributed by atoms with Crippen LogP contribution in [0.3, 0.4) is 0 Å². The zero-order valence-electron chi connectivity index (χ0n) is 11.4. The molecule has 2 aromatic carbocycles. The number of ketones is 1. The van der Waals surface area contributed by atoms with E-state index >= 15 is 0 Å². The number of halogens is 1. The second kappa shape index (κ2) is 4.81. The third-order valence-electron chi connectivity index (χ3n) is 3.96. The van der Waals surface area contributed by atoms with Crippen LogP contribution in [0, 0.1) is 0 Å². The van der Waals surface area contributed by atoms with E-state index in [1.54, 1.807) is 6.07 Å². The van der Waals surface area contributed by atoms with E-state index in [-0.39, 0.29) is 11.8 Å². The molecular weight excluding hydrogens is 344 g/mol. The Morgan fingerprint density at radius 3 is 2.32 bits per heavy atom. The maximum Gasteiger partial charge on any atom is 0.320 e. The maximum absolute atomic E-state index is 12.7. The Balaban J connectivity index is 1.88. The average Bonchev–Trinajstić information content (AvgIpc) is 2.81. The molecule has 1 unspecified atom stereocenters. The second-order valence-electron chi connectivity index (χ2n) is 5.25. The molecule has 4 nitrogen and oxygen atoms in total. The molecule has 2 amide bonds.